The van der Waals surface area contributed by atoms with Gasteiger partial charge in [0, 0.05) is 26.1 Å². The van der Waals surface area contributed by atoms with E-state index in [1.807, 2.05) is 6.92 Å². The lowest BCUT2D eigenvalue weighted by molar-refractivity contribution is 0.110. The molecule has 1 fully saturated rings. The van der Waals surface area contributed by atoms with Crippen molar-refractivity contribution in [2.75, 3.05) is 19.7 Å². The smallest absolute Gasteiger partial charge is 0.227 e. The van der Waals surface area contributed by atoms with Crippen molar-refractivity contribution in [3.8, 4) is 0 Å². The fraction of sp³-hybridized carbons (Fsp3) is 0.800. The molecule has 1 saturated heterocycles. The molecule has 5 heteroatoms. The van der Waals surface area contributed by atoms with Crippen LogP contribution in [-0.4, -0.2) is 35.9 Å². The Kier molecular flexibility index (Phi) is 3.69. The lowest BCUT2D eigenvalue weighted by Crippen LogP contribution is -2.27. The average molecular weight is 211 g/mol. The number of ether oxygens (including phenoxy) is 1. The molecule has 0 amide bonds. The number of aryl methyl sites for hydroxylation is 1. The summed E-state index contributed by atoms with van der Waals surface area (Å²) in [5, 5.41) is 7.07. The van der Waals surface area contributed by atoms with Gasteiger partial charge in [0.1, 0.15) is 0 Å². The molecule has 1 atom stereocenters. The van der Waals surface area contributed by atoms with Crippen molar-refractivity contribution in [1.82, 2.24) is 15.5 Å². The van der Waals surface area contributed by atoms with Crippen LogP contribution < -0.4 is 5.32 Å². The Balaban J connectivity index is 1.58. The van der Waals surface area contributed by atoms with Crippen LogP contribution in [0.2, 0.25) is 0 Å². The molecular weight excluding hydrogens is 194 g/mol. The van der Waals surface area contributed by atoms with E-state index in [9.17, 15) is 0 Å². The third-order valence-corrected chi connectivity index (χ3v) is 2.48. The number of nitrogens with one attached hydrogen (secondary N) is 1. The van der Waals surface area contributed by atoms with E-state index in [0.717, 1.165) is 26.1 Å². The van der Waals surface area contributed by atoms with E-state index in [1.54, 1.807) is 0 Å². The molecule has 5 nitrogen and oxygen atoms in total. The van der Waals surface area contributed by atoms with Crippen LogP contribution in [0.5, 0.6) is 0 Å². The summed E-state index contributed by atoms with van der Waals surface area (Å²) in [5.74, 6) is 1.40. The molecule has 1 unspecified atom stereocenters. The van der Waals surface area contributed by atoms with Crippen LogP contribution in [0.15, 0.2) is 4.52 Å². The fourth-order valence-corrected chi connectivity index (χ4v) is 1.71. The summed E-state index contributed by atoms with van der Waals surface area (Å²) in [6.07, 6.45) is 3.55. The van der Waals surface area contributed by atoms with E-state index in [0.29, 0.717) is 17.8 Å². The molecule has 15 heavy (non-hydrogen) atoms. The topological polar surface area (TPSA) is 60.2 Å². The SMILES string of the molecule is Cc1noc(CCNCC2CCCO2)n1. The van der Waals surface area contributed by atoms with Gasteiger partial charge in [-0.25, -0.2) is 0 Å². The van der Waals surface area contributed by atoms with Crippen LogP contribution >= 0.6 is 0 Å². The summed E-state index contributed by atoms with van der Waals surface area (Å²) in [6, 6.07) is 0. The molecule has 0 radical (unpaired) electrons. The normalized spacial score (nSPS) is 21.0. The molecule has 2 heterocycles. The summed E-state index contributed by atoms with van der Waals surface area (Å²) < 4.78 is 10.5. The minimum Gasteiger partial charge on any atom is -0.377 e. The summed E-state index contributed by atoms with van der Waals surface area (Å²) in [4.78, 5) is 4.13. The van der Waals surface area contributed by atoms with Crippen LogP contribution in [0, 0.1) is 6.92 Å². The Morgan fingerprint density at radius 3 is 3.13 bits per heavy atom. The number of rotatable bonds is 5. The number of hydrogen-bond donors (Lipinski definition) is 1. The summed E-state index contributed by atoms with van der Waals surface area (Å²) in [7, 11) is 0. The minimum atomic E-state index is 0.398. The highest BCUT2D eigenvalue weighted by Gasteiger charge is 2.14. The van der Waals surface area contributed by atoms with Crippen LogP contribution in [-0.2, 0) is 11.2 Å². The standard InChI is InChI=1S/C10H17N3O2/c1-8-12-10(15-13-8)4-5-11-7-9-3-2-6-14-9/h9,11H,2-7H2,1H3. The van der Waals surface area contributed by atoms with Gasteiger partial charge in [0.05, 0.1) is 6.10 Å². The van der Waals surface area contributed by atoms with E-state index < -0.39 is 0 Å². The van der Waals surface area contributed by atoms with Gasteiger partial charge in [0.25, 0.3) is 0 Å². The zero-order valence-corrected chi connectivity index (χ0v) is 9.03. The van der Waals surface area contributed by atoms with Gasteiger partial charge in [-0.05, 0) is 19.8 Å². The lowest BCUT2D eigenvalue weighted by atomic mass is 10.2. The number of aromatic nitrogens is 2. The molecule has 1 aromatic rings. The molecule has 2 rings (SSSR count). The van der Waals surface area contributed by atoms with E-state index >= 15 is 0 Å². The van der Waals surface area contributed by atoms with Gasteiger partial charge in [0.15, 0.2) is 5.82 Å². The van der Waals surface area contributed by atoms with Crippen molar-refractivity contribution in [3.63, 3.8) is 0 Å². The molecule has 0 aromatic carbocycles. The first-order valence-electron chi connectivity index (χ1n) is 5.46. The van der Waals surface area contributed by atoms with Crippen molar-refractivity contribution >= 4 is 0 Å². The van der Waals surface area contributed by atoms with Crippen LogP contribution in [0.3, 0.4) is 0 Å². The van der Waals surface area contributed by atoms with Gasteiger partial charge in [-0.3, -0.25) is 0 Å². The van der Waals surface area contributed by atoms with Crippen LogP contribution in [0.25, 0.3) is 0 Å². The van der Waals surface area contributed by atoms with E-state index in [-0.39, 0.29) is 0 Å². The van der Waals surface area contributed by atoms with Gasteiger partial charge < -0.3 is 14.6 Å². The summed E-state index contributed by atoms with van der Waals surface area (Å²) in [6.45, 7) is 4.52. The molecule has 1 aromatic heterocycles. The van der Waals surface area contributed by atoms with E-state index in [1.165, 1.54) is 12.8 Å². The van der Waals surface area contributed by atoms with Crippen molar-refractivity contribution in [3.05, 3.63) is 11.7 Å². The summed E-state index contributed by atoms with van der Waals surface area (Å²) >= 11 is 0. The number of hydrogen-bond acceptors (Lipinski definition) is 5. The van der Waals surface area contributed by atoms with Gasteiger partial charge in [-0.2, -0.15) is 4.98 Å². The second-order valence-electron chi connectivity index (χ2n) is 3.82. The first-order chi connectivity index (χ1) is 7.34. The average Bonchev–Trinajstić information content (AvgIpc) is 2.84. The van der Waals surface area contributed by atoms with Crippen LogP contribution in [0.1, 0.15) is 24.6 Å². The van der Waals surface area contributed by atoms with Gasteiger partial charge in [-0.1, -0.05) is 5.16 Å². The Morgan fingerprint density at radius 1 is 1.53 bits per heavy atom. The molecule has 0 bridgehead atoms. The minimum absolute atomic E-state index is 0.398. The van der Waals surface area contributed by atoms with Crippen molar-refractivity contribution in [1.29, 1.82) is 0 Å². The highest BCUT2D eigenvalue weighted by molar-refractivity contribution is 4.83. The van der Waals surface area contributed by atoms with Gasteiger partial charge in [-0.15, -0.1) is 0 Å². The Morgan fingerprint density at radius 2 is 2.47 bits per heavy atom. The first kappa shape index (κ1) is 10.6. The predicted molar refractivity (Wildman–Crippen MR) is 54.6 cm³/mol. The van der Waals surface area contributed by atoms with Crippen molar-refractivity contribution in [2.24, 2.45) is 0 Å². The quantitative estimate of drug-likeness (QED) is 0.726. The fourth-order valence-electron chi connectivity index (χ4n) is 1.71. The maximum Gasteiger partial charge on any atom is 0.227 e. The lowest BCUT2D eigenvalue weighted by Gasteiger charge is -2.09. The van der Waals surface area contributed by atoms with E-state index in [2.05, 4.69) is 15.5 Å². The molecule has 0 spiro atoms. The number of nitrogens with zero attached hydrogens (tertiary/aromatic N) is 2. The van der Waals surface area contributed by atoms with Crippen molar-refractivity contribution < 1.29 is 9.26 Å². The molecule has 84 valence electrons. The first-order valence-corrected chi connectivity index (χ1v) is 5.46. The second kappa shape index (κ2) is 5.23. The second-order valence-corrected chi connectivity index (χ2v) is 3.82. The third kappa shape index (κ3) is 3.28. The molecule has 1 N–H and O–H groups in total. The highest BCUT2D eigenvalue weighted by Crippen LogP contribution is 2.10. The monoisotopic (exact) mass is 211 g/mol. The molecule has 0 aliphatic carbocycles. The zero-order valence-electron chi connectivity index (χ0n) is 9.03. The Labute approximate surface area is 89.2 Å². The van der Waals surface area contributed by atoms with Crippen LogP contribution in [0.4, 0.5) is 0 Å². The van der Waals surface area contributed by atoms with Crippen molar-refractivity contribution in [2.45, 2.75) is 32.3 Å². The largest absolute Gasteiger partial charge is 0.377 e. The molecule has 1 aliphatic heterocycles. The third-order valence-electron chi connectivity index (χ3n) is 2.48. The maximum atomic E-state index is 5.50. The van der Waals surface area contributed by atoms with Gasteiger partial charge in [0.2, 0.25) is 5.89 Å². The molecular formula is C10H17N3O2. The highest BCUT2D eigenvalue weighted by atomic mass is 16.5. The Bertz CT molecular complexity index is 295. The molecule has 0 saturated carbocycles. The Hall–Kier alpha value is -0.940. The maximum absolute atomic E-state index is 5.50. The zero-order chi connectivity index (χ0) is 10.5. The summed E-state index contributed by atoms with van der Waals surface area (Å²) in [5.41, 5.74) is 0. The predicted octanol–water partition coefficient (Wildman–Crippen LogP) is 0.689. The molecule has 1 aliphatic rings. The van der Waals surface area contributed by atoms with E-state index in [4.69, 9.17) is 9.26 Å². The van der Waals surface area contributed by atoms with Gasteiger partial charge >= 0.3 is 0 Å².